The van der Waals surface area contributed by atoms with Gasteiger partial charge in [0.25, 0.3) is 5.69 Å². The molecule has 0 saturated heterocycles. The fraction of sp³-hybridized carbons (Fsp3) is 0.294. The van der Waals surface area contributed by atoms with Crippen molar-refractivity contribution in [2.75, 3.05) is 14.2 Å². The molecule has 0 aliphatic carbocycles. The van der Waals surface area contributed by atoms with Crippen LogP contribution in [0.25, 0.3) is 0 Å². The van der Waals surface area contributed by atoms with Crippen LogP contribution in [0.2, 0.25) is 0 Å². The molecule has 1 unspecified atom stereocenters. The van der Waals surface area contributed by atoms with Gasteiger partial charge in [0, 0.05) is 37.5 Å². The van der Waals surface area contributed by atoms with E-state index in [2.05, 4.69) is 0 Å². The molecule has 8 heteroatoms. The third kappa shape index (κ3) is 3.85. The van der Waals surface area contributed by atoms with Crippen LogP contribution >= 0.6 is 0 Å². The molecule has 1 heterocycles. The van der Waals surface area contributed by atoms with Crippen LogP contribution in [0, 0.1) is 16.0 Å². The molecule has 0 spiro atoms. The van der Waals surface area contributed by atoms with E-state index in [-0.39, 0.29) is 5.69 Å². The summed E-state index contributed by atoms with van der Waals surface area (Å²) in [5.41, 5.74) is 1.18. The van der Waals surface area contributed by atoms with E-state index in [1.54, 1.807) is 23.0 Å². The van der Waals surface area contributed by atoms with E-state index in [0.29, 0.717) is 11.1 Å². The Kier molecular flexibility index (Phi) is 5.53. The van der Waals surface area contributed by atoms with Crippen LogP contribution in [-0.4, -0.2) is 35.6 Å². The van der Waals surface area contributed by atoms with Gasteiger partial charge in [0.15, 0.2) is 5.92 Å². The topological polar surface area (TPSA) is 101 Å². The molecule has 1 aromatic carbocycles. The van der Waals surface area contributed by atoms with Crippen LogP contribution in [0.5, 0.6) is 0 Å². The first-order chi connectivity index (χ1) is 11.9. The standard InChI is InChI=1S/C17H18N2O6/c1-18-9-8-12(10-18)14(15(16(20)24-2)17(21)25-3)11-4-6-13(7-5-11)19(22)23/h4-10,14-15H,1-3H3. The number of hydrogen-bond acceptors (Lipinski definition) is 6. The van der Waals surface area contributed by atoms with Crippen LogP contribution in [0.3, 0.4) is 0 Å². The van der Waals surface area contributed by atoms with Crippen molar-refractivity contribution < 1.29 is 24.0 Å². The zero-order valence-corrected chi connectivity index (χ0v) is 14.0. The molecule has 2 aromatic rings. The third-order valence-electron chi connectivity index (χ3n) is 3.92. The van der Waals surface area contributed by atoms with Crippen LogP contribution in [0.4, 0.5) is 5.69 Å². The fourth-order valence-electron chi connectivity index (χ4n) is 2.71. The van der Waals surface area contributed by atoms with Crippen LogP contribution in [0.15, 0.2) is 42.7 Å². The van der Waals surface area contributed by atoms with Gasteiger partial charge in [-0.3, -0.25) is 19.7 Å². The number of rotatable bonds is 6. The second-order valence-corrected chi connectivity index (χ2v) is 5.46. The minimum absolute atomic E-state index is 0.0803. The number of carbonyl (C=O) groups is 2. The number of nitrogens with zero attached hydrogens (tertiary/aromatic N) is 2. The molecule has 0 radical (unpaired) electrons. The minimum Gasteiger partial charge on any atom is -0.468 e. The number of benzene rings is 1. The van der Waals surface area contributed by atoms with E-state index >= 15 is 0 Å². The number of aromatic nitrogens is 1. The first kappa shape index (κ1) is 18.2. The molecular weight excluding hydrogens is 328 g/mol. The normalized spacial score (nSPS) is 11.8. The average molecular weight is 346 g/mol. The Hall–Kier alpha value is -3.16. The maximum atomic E-state index is 12.2. The highest BCUT2D eigenvalue weighted by atomic mass is 16.6. The summed E-state index contributed by atoms with van der Waals surface area (Å²) in [5, 5.41) is 10.9. The number of esters is 2. The second-order valence-electron chi connectivity index (χ2n) is 5.46. The highest BCUT2D eigenvalue weighted by Crippen LogP contribution is 2.34. The van der Waals surface area contributed by atoms with E-state index in [4.69, 9.17) is 9.47 Å². The molecule has 0 saturated carbocycles. The predicted octanol–water partition coefficient (Wildman–Crippen LogP) is 2.03. The molecule has 0 aliphatic heterocycles. The lowest BCUT2D eigenvalue weighted by molar-refractivity contribution is -0.384. The van der Waals surface area contributed by atoms with Crippen LogP contribution in [0.1, 0.15) is 17.0 Å². The first-order valence-corrected chi connectivity index (χ1v) is 7.41. The van der Waals surface area contributed by atoms with E-state index in [9.17, 15) is 19.7 Å². The Bertz CT molecular complexity index is 765. The van der Waals surface area contributed by atoms with Crippen molar-refractivity contribution in [3.8, 4) is 0 Å². The summed E-state index contributed by atoms with van der Waals surface area (Å²) in [4.78, 5) is 34.8. The fourth-order valence-corrected chi connectivity index (χ4v) is 2.71. The lowest BCUT2D eigenvalue weighted by atomic mass is 9.81. The van der Waals surface area contributed by atoms with Gasteiger partial charge in [0.1, 0.15) is 0 Å². The average Bonchev–Trinajstić information content (AvgIpc) is 3.04. The zero-order chi connectivity index (χ0) is 18.6. The van der Waals surface area contributed by atoms with Gasteiger partial charge in [0.2, 0.25) is 0 Å². The highest BCUT2D eigenvalue weighted by Gasteiger charge is 2.39. The third-order valence-corrected chi connectivity index (χ3v) is 3.92. The van der Waals surface area contributed by atoms with E-state index < -0.39 is 28.7 Å². The summed E-state index contributed by atoms with van der Waals surface area (Å²) < 4.78 is 11.3. The number of hydrogen-bond donors (Lipinski definition) is 0. The van der Waals surface area contributed by atoms with Gasteiger partial charge in [0.05, 0.1) is 19.1 Å². The van der Waals surface area contributed by atoms with Crippen molar-refractivity contribution >= 4 is 17.6 Å². The molecule has 132 valence electrons. The molecule has 0 aliphatic rings. The van der Waals surface area contributed by atoms with E-state index in [1.807, 2.05) is 7.05 Å². The number of methoxy groups -OCH3 is 2. The molecular formula is C17H18N2O6. The molecule has 25 heavy (non-hydrogen) atoms. The summed E-state index contributed by atoms with van der Waals surface area (Å²) in [5.74, 6) is -3.39. The predicted molar refractivity (Wildman–Crippen MR) is 87.9 cm³/mol. The molecule has 0 amide bonds. The van der Waals surface area contributed by atoms with Crippen molar-refractivity contribution in [1.29, 1.82) is 0 Å². The summed E-state index contributed by atoms with van der Waals surface area (Å²) in [7, 11) is 4.19. The number of ether oxygens (including phenoxy) is 2. The van der Waals surface area contributed by atoms with Gasteiger partial charge in [-0.05, 0) is 17.2 Å². The van der Waals surface area contributed by atoms with Gasteiger partial charge in [-0.1, -0.05) is 12.1 Å². The lowest BCUT2D eigenvalue weighted by Crippen LogP contribution is -2.32. The van der Waals surface area contributed by atoms with Gasteiger partial charge in [-0.25, -0.2) is 0 Å². The van der Waals surface area contributed by atoms with E-state index in [1.165, 1.54) is 38.5 Å². The van der Waals surface area contributed by atoms with Crippen molar-refractivity contribution in [2.45, 2.75) is 5.92 Å². The SMILES string of the molecule is COC(=O)C(C(=O)OC)C(c1ccc([N+](=O)[O-])cc1)c1ccn(C)c1. The number of carbonyl (C=O) groups excluding carboxylic acids is 2. The van der Waals surface area contributed by atoms with Gasteiger partial charge >= 0.3 is 11.9 Å². The first-order valence-electron chi connectivity index (χ1n) is 7.41. The van der Waals surface area contributed by atoms with E-state index in [0.717, 1.165) is 0 Å². The second kappa shape index (κ2) is 7.61. The van der Waals surface area contributed by atoms with Gasteiger partial charge < -0.3 is 14.0 Å². The van der Waals surface area contributed by atoms with Crippen LogP contribution < -0.4 is 0 Å². The largest absolute Gasteiger partial charge is 0.468 e. The highest BCUT2D eigenvalue weighted by molar-refractivity contribution is 5.96. The Balaban J connectivity index is 2.57. The molecule has 0 bridgehead atoms. The molecule has 2 rings (SSSR count). The number of nitro groups is 1. The molecule has 8 nitrogen and oxygen atoms in total. The van der Waals surface area contributed by atoms with Gasteiger partial charge in [-0.2, -0.15) is 0 Å². The maximum Gasteiger partial charge on any atom is 0.321 e. The number of non-ortho nitro benzene ring substituents is 1. The molecule has 1 atom stereocenters. The summed E-state index contributed by atoms with van der Waals surface area (Å²) in [6.45, 7) is 0. The quantitative estimate of drug-likeness (QED) is 0.343. The van der Waals surface area contributed by atoms with Crippen LogP contribution in [-0.2, 0) is 26.1 Å². The molecule has 0 fully saturated rings. The molecule has 0 N–H and O–H groups in total. The van der Waals surface area contributed by atoms with Gasteiger partial charge in [-0.15, -0.1) is 0 Å². The Morgan fingerprint density at radius 2 is 1.60 bits per heavy atom. The monoisotopic (exact) mass is 346 g/mol. The van der Waals surface area contributed by atoms with Crippen molar-refractivity contribution in [3.63, 3.8) is 0 Å². The smallest absolute Gasteiger partial charge is 0.321 e. The minimum atomic E-state index is -1.22. The van der Waals surface area contributed by atoms with Crippen molar-refractivity contribution in [1.82, 2.24) is 4.57 Å². The Morgan fingerprint density at radius 1 is 1.04 bits per heavy atom. The number of aryl methyl sites for hydroxylation is 1. The zero-order valence-electron chi connectivity index (χ0n) is 14.0. The summed E-state index contributed by atoms with van der Waals surface area (Å²) in [6, 6.07) is 7.47. The Labute approximate surface area is 144 Å². The summed E-state index contributed by atoms with van der Waals surface area (Å²) in [6.07, 6.45) is 3.55. The molecule has 1 aromatic heterocycles. The summed E-state index contributed by atoms with van der Waals surface area (Å²) >= 11 is 0. The Morgan fingerprint density at radius 3 is 2.00 bits per heavy atom. The van der Waals surface area contributed by atoms with Crippen molar-refractivity contribution in [3.05, 3.63) is 64.0 Å². The lowest BCUT2D eigenvalue weighted by Gasteiger charge is -2.23. The number of nitro benzene ring substituents is 1. The maximum absolute atomic E-state index is 12.2. The van der Waals surface area contributed by atoms with Crippen molar-refractivity contribution in [2.24, 2.45) is 13.0 Å².